The molecule has 0 aliphatic carbocycles. The Bertz CT molecular complexity index is 1150. The summed E-state index contributed by atoms with van der Waals surface area (Å²) in [5.74, 6) is -1.45. The average molecular weight is 414 g/mol. The number of esters is 1. The second-order valence-electron chi connectivity index (χ2n) is 6.93. The molecule has 0 saturated heterocycles. The van der Waals surface area contributed by atoms with Crippen LogP contribution in [0.5, 0.6) is 0 Å². The van der Waals surface area contributed by atoms with Gasteiger partial charge in [-0.3, -0.25) is 9.59 Å². The fourth-order valence-electron chi connectivity index (χ4n) is 2.95. The summed E-state index contributed by atoms with van der Waals surface area (Å²) in [6, 6.07) is 11.3. The standard InChI is InChI=1S/C22H20ClNO5/c1-12(2)15-6-4-5-13(3)21(15)24-20(26)11-28-22(27)19-10-17(25)16-9-14(23)7-8-18(16)29-19/h4-10,12H,11H2,1-3H3,(H,24,26). The summed E-state index contributed by atoms with van der Waals surface area (Å²) >= 11 is 5.87. The lowest BCUT2D eigenvalue weighted by atomic mass is 9.98. The molecule has 6 nitrogen and oxygen atoms in total. The van der Waals surface area contributed by atoms with Crippen molar-refractivity contribution in [2.45, 2.75) is 26.7 Å². The Kier molecular flexibility index (Phi) is 6.03. The van der Waals surface area contributed by atoms with Crippen molar-refractivity contribution in [3.05, 3.63) is 74.6 Å². The van der Waals surface area contributed by atoms with Crippen LogP contribution in [-0.2, 0) is 9.53 Å². The van der Waals surface area contributed by atoms with Gasteiger partial charge in [-0.25, -0.2) is 4.79 Å². The highest BCUT2D eigenvalue weighted by molar-refractivity contribution is 6.31. The van der Waals surface area contributed by atoms with Crippen LogP contribution in [0.2, 0.25) is 5.02 Å². The number of hydrogen-bond acceptors (Lipinski definition) is 5. The van der Waals surface area contributed by atoms with E-state index in [1.54, 1.807) is 6.07 Å². The second kappa shape index (κ2) is 8.49. The molecule has 0 unspecified atom stereocenters. The summed E-state index contributed by atoms with van der Waals surface area (Å²) in [6.07, 6.45) is 0. The van der Waals surface area contributed by atoms with Crippen LogP contribution in [-0.4, -0.2) is 18.5 Å². The van der Waals surface area contributed by atoms with Crippen molar-refractivity contribution >= 4 is 40.1 Å². The molecule has 0 aliphatic rings. The number of amides is 1. The lowest BCUT2D eigenvalue weighted by molar-refractivity contribution is -0.119. The summed E-state index contributed by atoms with van der Waals surface area (Å²) in [6.45, 7) is 5.44. The summed E-state index contributed by atoms with van der Waals surface area (Å²) in [7, 11) is 0. The molecule has 0 fully saturated rings. The number of hydrogen-bond donors (Lipinski definition) is 1. The van der Waals surface area contributed by atoms with E-state index in [0.717, 1.165) is 17.2 Å². The zero-order chi connectivity index (χ0) is 21.1. The molecule has 3 aromatic rings. The van der Waals surface area contributed by atoms with E-state index in [4.69, 9.17) is 20.8 Å². The number of rotatable bonds is 5. The van der Waals surface area contributed by atoms with Crippen LogP contribution >= 0.6 is 11.6 Å². The molecule has 1 amide bonds. The number of benzene rings is 2. The molecular weight excluding hydrogens is 394 g/mol. The first-order valence-electron chi connectivity index (χ1n) is 9.06. The summed E-state index contributed by atoms with van der Waals surface area (Å²) in [5, 5.41) is 3.43. The predicted octanol–water partition coefficient (Wildman–Crippen LogP) is 4.67. The number of para-hydroxylation sites is 1. The minimum atomic E-state index is -0.900. The molecule has 1 heterocycles. The first kappa shape index (κ1) is 20.6. The zero-order valence-electron chi connectivity index (χ0n) is 16.2. The molecule has 0 aliphatic heterocycles. The van der Waals surface area contributed by atoms with Gasteiger partial charge in [0.25, 0.3) is 5.91 Å². The van der Waals surface area contributed by atoms with Crippen molar-refractivity contribution in [1.82, 2.24) is 0 Å². The van der Waals surface area contributed by atoms with Crippen LogP contribution in [0, 0.1) is 6.92 Å². The molecule has 0 saturated carbocycles. The van der Waals surface area contributed by atoms with Gasteiger partial charge in [0, 0.05) is 16.8 Å². The number of carbonyl (C=O) groups is 2. The molecule has 150 valence electrons. The number of ether oxygens (including phenoxy) is 1. The third-order valence-corrected chi connectivity index (χ3v) is 4.65. The lowest BCUT2D eigenvalue weighted by Crippen LogP contribution is -2.22. The fraction of sp³-hybridized carbons (Fsp3) is 0.227. The van der Waals surface area contributed by atoms with Gasteiger partial charge in [0.2, 0.25) is 5.76 Å². The molecule has 0 radical (unpaired) electrons. The van der Waals surface area contributed by atoms with Crippen molar-refractivity contribution in [1.29, 1.82) is 0 Å². The Labute approximate surface area is 172 Å². The SMILES string of the molecule is Cc1cccc(C(C)C)c1NC(=O)COC(=O)c1cc(=O)c2cc(Cl)ccc2o1. The van der Waals surface area contributed by atoms with Gasteiger partial charge in [-0.2, -0.15) is 0 Å². The lowest BCUT2D eigenvalue weighted by Gasteiger charge is -2.16. The summed E-state index contributed by atoms with van der Waals surface area (Å²) < 4.78 is 10.4. The summed E-state index contributed by atoms with van der Waals surface area (Å²) in [4.78, 5) is 36.7. The highest BCUT2D eigenvalue weighted by atomic mass is 35.5. The van der Waals surface area contributed by atoms with Gasteiger partial charge in [-0.1, -0.05) is 43.6 Å². The van der Waals surface area contributed by atoms with E-state index in [0.29, 0.717) is 10.7 Å². The Morgan fingerprint density at radius 2 is 1.93 bits per heavy atom. The number of halogens is 1. The molecular formula is C22H20ClNO5. The normalized spacial score (nSPS) is 10.9. The van der Waals surface area contributed by atoms with E-state index in [1.807, 2.05) is 39.0 Å². The number of nitrogens with one attached hydrogen (secondary N) is 1. The zero-order valence-corrected chi connectivity index (χ0v) is 17.0. The van der Waals surface area contributed by atoms with Crippen molar-refractivity contribution in [2.75, 3.05) is 11.9 Å². The topological polar surface area (TPSA) is 85.6 Å². The molecule has 0 atom stereocenters. The highest BCUT2D eigenvalue weighted by Gasteiger charge is 2.17. The number of carbonyl (C=O) groups excluding carboxylic acids is 2. The Balaban J connectivity index is 1.72. The van der Waals surface area contributed by atoms with Gasteiger partial charge in [0.1, 0.15) is 5.58 Å². The van der Waals surface area contributed by atoms with Gasteiger partial charge < -0.3 is 14.5 Å². The third kappa shape index (κ3) is 4.66. The largest absolute Gasteiger partial charge is 0.450 e. The van der Waals surface area contributed by atoms with Crippen molar-refractivity contribution < 1.29 is 18.7 Å². The van der Waals surface area contributed by atoms with Crippen LogP contribution < -0.4 is 10.7 Å². The van der Waals surface area contributed by atoms with Crippen molar-refractivity contribution in [3.8, 4) is 0 Å². The molecule has 1 aromatic heterocycles. The van der Waals surface area contributed by atoms with Gasteiger partial charge >= 0.3 is 5.97 Å². The predicted molar refractivity (Wildman–Crippen MR) is 112 cm³/mol. The van der Waals surface area contributed by atoms with Gasteiger partial charge in [-0.05, 0) is 42.2 Å². The van der Waals surface area contributed by atoms with Crippen LogP contribution in [0.15, 0.2) is 51.7 Å². The summed E-state index contributed by atoms with van der Waals surface area (Å²) in [5.41, 5.74) is 2.39. The van der Waals surface area contributed by atoms with Crippen LogP contribution in [0.25, 0.3) is 11.0 Å². The van der Waals surface area contributed by atoms with Crippen molar-refractivity contribution in [3.63, 3.8) is 0 Å². The van der Waals surface area contributed by atoms with Gasteiger partial charge in [0.15, 0.2) is 12.0 Å². The maximum atomic E-state index is 12.3. The first-order valence-corrected chi connectivity index (χ1v) is 9.44. The third-order valence-electron chi connectivity index (χ3n) is 4.42. The van der Waals surface area contributed by atoms with E-state index in [9.17, 15) is 14.4 Å². The van der Waals surface area contributed by atoms with Crippen LogP contribution in [0.3, 0.4) is 0 Å². The number of anilines is 1. The highest BCUT2D eigenvalue weighted by Crippen LogP contribution is 2.27. The van der Waals surface area contributed by atoms with E-state index in [1.165, 1.54) is 12.1 Å². The Hall–Kier alpha value is -3.12. The smallest absolute Gasteiger partial charge is 0.374 e. The number of fused-ring (bicyclic) bond motifs is 1. The molecule has 0 spiro atoms. The average Bonchev–Trinajstić information content (AvgIpc) is 2.67. The number of aryl methyl sites for hydroxylation is 1. The minimum Gasteiger partial charge on any atom is -0.450 e. The van der Waals surface area contributed by atoms with E-state index in [2.05, 4.69) is 5.32 Å². The second-order valence-corrected chi connectivity index (χ2v) is 7.37. The molecule has 29 heavy (non-hydrogen) atoms. The fourth-order valence-corrected chi connectivity index (χ4v) is 3.12. The molecule has 2 aromatic carbocycles. The van der Waals surface area contributed by atoms with E-state index >= 15 is 0 Å². The maximum absolute atomic E-state index is 12.3. The minimum absolute atomic E-state index is 0.208. The molecule has 3 rings (SSSR count). The first-order chi connectivity index (χ1) is 13.8. The van der Waals surface area contributed by atoms with Gasteiger partial charge in [0.05, 0.1) is 5.39 Å². The maximum Gasteiger partial charge on any atom is 0.374 e. The molecule has 1 N–H and O–H groups in total. The van der Waals surface area contributed by atoms with E-state index < -0.39 is 23.9 Å². The quantitative estimate of drug-likeness (QED) is 0.614. The van der Waals surface area contributed by atoms with Gasteiger partial charge in [-0.15, -0.1) is 0 Å². The van der Waals surface area contributed by atoms with E-state index in [-0.39, 0.29) is 22.6 Å². The Morgan fingerprint density at radius 1 is 1.17 bits per heavy atom. The van der Waals surface area contributed by atoms with Crippen LogP contribution in [0.1, 0.15) is 41.4 Å². The van der Waals surface area contributed by atoms with Crippen molar-refractivity contribution in [2.24, 2.45) is 0 Å². The monoisotopic (exact) mass is 413 g/mol. The molecule has 0 bridgehead atoms. The van der Waals surface area contributed by atoms with Crippen LogP contribution in [0.4, 0.5) is 5.69 Å². The Morgan fingerprint density at radius 3 is 2.66 bits per heavy atom. The molecule has 7 heteroatoms.